The molecule has 1 fully saturated rings. The van der Waals surface area contributed by atoms with Gasteiger partial charge in [-0.15, -0.1) is 24.8 Å². The summed E-state index contributed by atoms with van der Waals surface area (Å²) in [4.78, 5) is 14.3. The highest BCUT2D eigenvalue weighted by Crippen LogP contribution is 2.18. The quantitative estimate of drug-likeness (QED) is 0.786. The second-order valence-electron chi connectivity index (χ2n) is 5.53. The van der Waals surface area contributed by atoms with E-state index in [1.807, 2.05) is 13.8 Å². The molecule has 0 aromatic rings. The second kappa shape index (κ2) is 11.6. The van der Waals surface area contributed by atoms with Gasteiger partial charge in [-0.1, -0.05) is 20.3 Å². The predicted octanol–water partition coefficient (Wildman–Crippen LogP) is 2.19. The molecule has 1 aliphatic heterocycles. The first-order chi connectivity index (χ1) is 8.56. The van der Waals surface area contributed by atoms with Crippen molar-refractivity contribution in [1.29, 1.82) is 0 Å². The number of amides is 1. The van der Waals surface area contributed by atoms with E-state index in [-0.39, 0.29) is 42.7 Å². The van der Waals surface area contributed by atoms with Gasteiger partial charge in [-0.05, 0) is 32.7 Å². The zero-order valence-electron chi connectivity index (χ0n) is 12.9. The molecule has 0 aromatic heterocycles. The summed E-state index contributed by atoms with van der Waals surface area (Å²) in [6.07, 6.45) is 5.16. The molecule has 1 saturated heterocycles. The standard InChI is InChI=1S/C14H29N3O.2ClH/c1-4-13-7-5-6-9-17(13)10-8-16-14(18)11(2)12(3)15;;/h11-13H,4-10,15H2,1-3H3,(H,16,18);2*1H. The normalized spacial score (nSPS) is 22.1. The number of carbonyl (C=O) groups excluding carboxylic acids is 1. The van der Waals surface area contributed by atoms with Crippen LogP contribution in [0, 0.1) is 5.92 Å². The van der Waals surface area contributed by atoms with Gasteiger partial charge in [0.25, 0.3) is 0 Å². The summed E-state index contributed by atoms with van der Waals surface area (Å²) in [5, 5.41) is 3.00. The molecule has 0 aromatic carbocycles. The fourth-order valence-corrected chi connectivity index (χ4v) is 2.54. The number of likely N-dealkylation sites (tertiary alicyclic amines) is 1. The molecule has 3 atom stereocenters. The fraction of sp³-hybridized carbons (Fsp3) is 0.929. The van der Waals surface area contributed by atoms with Crippen molar-refractivity contribution < 1.29 is 4.79 Å². The van der Waals surface area contributed by atoms with Gasteiger partial charge < -0.3 is 11.1 Å². The Labute approximate surface area is 136 Å². The molecule has 3 unspecified atom stereocenters. The molecule has 1 heterocycles. The molecule has 0 saturated carbocycles. The van der Waals surface area contributed by atoms with Crippen molar-refractivity contribution in [3.05, 3.63) is 0 Å². The second-order valence-corrected chi connectivity index (χ2v) is 5.53. The summed E-state index contributed by atoms with van der Waals surface area (Å²) in [5.41, 5.74) is 5.72. The van der Waals surface area contributed by atoms with Crippen molar-refractivity contribution in [3.63, 3.8) is 0 Å². The maximum atomic E-state index is 11.8. The van der Waals surface area contributed by atoms with Crippen molar-refractivity contribution >= 4 is 30.7 Å². The van der Waals surface area contributed by atoms with Gasteiger partial charge in [-0.3, -0.25) is 9.69 Å². The van der Waals surface area contributed by atoms with Crippen LogP contribution in [0.5, 0.6) is 0 Å². The third-order valence-corrected chi connectivity index (χ3v) is 4.12. The Balaban J connectivity index is 0. The SMILES string of the molecule is CCC1CCCCN1CCNC(=O)C(C)C(C)N.Cl.Cl. The number of rotatable bonds is 6. The van der Waals surface area contributed by atoms with E-state index >= 15 is 0 Å². The first-order valence-corrected chi connectivity index (χ1v) is 7.33. The van der Waals surface area contributed by atoms with Crippen molar-refractivity contribution in [3.8, 4) is 0 Å². The maximum absolute atomic E-state index is 11.8. The molecule has 122 valence electrons. The van der Waals surface area contributed by atoms with Crippen LogP contribution in [0.4, 0.5) is 0 Å². The van der Waals surface area contributed by atoms with Crippen molar-refractivity contribution in [2.45, 2.75) is 58.5 Å². The highest BCUT2D eigenvalue weighted by molar-refractivity contribution is 5.85. The number of halogens is 2. The van der Waals surface area contributed by atoms with E-state index < -0.39 is 0 Å². The van der Waals surface area contributed by atoms with E-state index in [0.29, 0.717) is 6.04 Å². The van der Waals surface area contributed by atoms with Gasteiger partial charge in [-0.25, -0.2) is 0 Å². The van der Waals surface area contributed by atoms with Crippen molar-refractivity contribution in [2.24, 2.45) is 11.7 Å². The lowest BCUT2D eigenvalue weighted by molar-refractivity contribution is -0.125. The van der Waals surface area contributed by atoms with Crippen LogP contribution < -0.4 is 11.1 Å². The van der Waals surface area contributed by atoms with Crippen molar-refractivity contribution in [1.82, 2.24) is 10.2 Å². The van der Waals surface area contributed by atoms with E-state index in [4.69, 9.17) is 5.73 Å². The topological polar surface area (TPSA) is 58.4 Å². The Morgan fingerprint density at radius 3 is 2.55 bits per heavy atom. The molecule has 0 radical (unpaired) electrons. The van der Waals surface area contributed by atoms with Gasteiger partial charge in [0, 0.05) is 31.1 Å². The van der Waals surface area contributed by atoms with Gasteiger partial charge in [0.1, 0.15) is 0 Å². The molecule has 0 bridgehead atoms. The summed E-state index contributed by atoms with van der Waals surface area (Å²) in [6.45, 7) is 8.90. The number of nitrogens with one attached hydrogen (secondary N) is 1. The van der Waals surface area contributed by atoms with Crippen LogP contribution in [-0.2, 0) is 4.79 Å². The Morgan fingerprint density at radius 2 is 2.00 bits per heavy atom. The minimum Gasteiger partial charge on any atom is -0.355 e. The first kappa shape index (κ1) is 22.3. The third-order valence-electron chi connectivity index (χ3n) is 4.12. The van der Waals surface area contributed by atoms with E-state index in [1.165, 1.54) is 32.2 Å². The van der Waals surface area contributed by atoms with Crippen LogP contribution in [0.1, 0.15) is 46.5 Å². The summed E-state index contributed by atoms with van der Waals surface area (Å²) in [5.74, 6) is -0.0246. The third kappa shape index (κ3) is 7.11. The molecule has 3 N–H and O–H groups in total. The van der Waals surface area contributed by atoms with Crippen LogP contribution in [0.3, 0.4) is 0 Å². The molecule has 0 aliphatic carbocycles. The number of hydrogen-bond donors (Lipinski definition) is 2. The van der Waals surface area contributed by atoms with Gasteiger partial charge in [-0.2, -0.15) is 0 Å². The molecular formula is C14H31Cl2N3O. The fourth-order valence-electron chi connectivity index (χ4n) is 2.54. The lowest BCUT2D eigenvalue weighted by atomic mass is 10.00. The Kier molecular flexibility index (Phi) is 12.9. The highest BCUT2D eigenvalue weighted by atomic mass is 35.5. The van der Waals surface area contributed by atoms with Crippen LogP contribution >= 0.6 is 24.8 Å². The summed E-state index contributed by atoms with van der Waals surface area (Å²) < 4.78 is 0. The van der Waals surface area contributed by atoms with Crippen molar-refractivity contribution in [2.75, 3.05) is 19.6 Å². The maximum Gasteiger partial charge on any atom is 0.224 e. The molecule has 1 rings (SSSR count). The molecule has 1 aliphatic rings. The van der Waals surface area contributed by atoms with Gasteiger partial charge in [0.15, 0.2) is 0 Å². The van der Waals surface area contributed by atoms with E-state index in [0.717, 1.165) is 13.1 Å². The molecule has 4 nitrogen and oxygen atoms in total. The monoisotopic (exact) mass is 327 g/mol. The van der Waals surface area contributed by atoms with Gasteiger partial charge in [0.2, 0.25) is 5.91 Å². The Morgan fingerprint density at radius 1 is 1.35 bits per heavy atom. The van der Waals surface area contributed by atoms with Crippen LogP contribution in [0.2, 0.25) is 0 Å². The lowest BCUT2D eigenvalue weighted by Crippen LogP contribution is -2.45. The predicted molar refractivity (Wildman–Crippen MR) is 89.8 cm³/mol. The Hall–Kier alpha value is -0.0300. The molecule has 1 amide bonds. The first-order valence-electron chi connectivity index (χ1n) is 7.33. The number of nitrogens with zero attached hydrogens (tertiary/aromatic N) is 1. The summed E-state index contributed by atoms with van der Waals surface area (Å²) >= 11 is 0. The minimum absolute atomic E-state index is 0. The summed E-state index contributed by atoms with van der Waals surface area (Å²) in [7, 11) is 0. The number of carbonyl (C=O) groups is 1. The largest absolute Gasteiger partial charge is 0.355 e. The van der Waals surface area contributed by atoms with Gasteiger partial charge >= 0.3 is 0 Å². The number of nitrogens with two attached hydrogens (primary N) is 1. The van der Waals surface area contributed by atoms with E-state index in [2.05, 4.69) is 17.1 Å². The average Bonchev–Trinajstić information content (AvgIpc) is 2.38. The van der Waals surface area contributed by atoms with E-state index in [9.17, 15) is 4.79 Å². The van der Waals surface area contributed by atoms with E-state index in [1.54, 1.807) is 0 Å². The average molecular weight is 328 g/mol. The van der Waals surface area contributed by atoms with Crippen LogP contribution in [0.25, 0.3) is 0 Å². The number of piperidine rings is 1. The smallest absolute Gasteiger partial charge is 0.224 e. The zero-order chi connectivity index (χ0) is 13.5. The molecular weight excluding hydrogens is 297 g/mol. The highest BCUT2D eigenvalue weighted by Gasteiger charge is 2.21. The van der Waals surface area contributed by atoms with Crippen LogP contribution in [0.15, 0.2) is 0 Å². The minimum atomic E-state index is -0.103. The lowest BCUT2D eigenvalue weighted by Gasteiger charge is -2.35. The molecule has 20 heavy (non-hydrogen) atoms. The van der Waals surface area contributed by atoms with Crippen LogP contribution in [-0.4, -0.2) is 42.5 Å². The molecule has 0 spiro atoms. The molecule has 6 heteroatoms. The number of hydrogen-bond acceptors (Lipinski definition) is 3. The zero-order valence-corrected chi connectivity index (χ0v) is 14.6. The van der Waals surface area contributed by atoms with Gasteiger partial charge in [0.05, 0.1) is 0 Å². The summed E-state index contributed by atoms with van der Waals surface area (Å²) in [6, 6.07) is 0.630. The Bertz CT molecular complexity index is 265.